The third-order valence-corrected chi connectivity index (χ3v) is 2.86. The Kier molecular flexibility index (Phi) is 2.79. The van der Waals surface area contributed by atoms with Gasteiger partial charge in [0.1, 0.15) is 0 Å². The van der Waals surface area contributed by atoms with E-state index in [0.29, 0.717) is 17.7 Å². The van der Waals surface area contributed by atoms with Crippen LogP contribution < -0.4 is 4.90 Å². The number of fused-ring (bicyclic) bond motifs is 1. The van der Waals surface area contributed by atoms with Gasteiger partial charge < -0.3 is 0 Å². The second-order valence-electron chi connectivity index (χ2n) is 4.13. The van der Waals surface area contributed by atoms with E-state index in [1.54, 1.807) is 19.1 Å². The second kappa shape index (κ2) is 4.13. The lowest BCUT2D eigenvalue weighted by Gasteiger charge is -2.14. The van der Waals surface area contributed by atoms with Crippen molar-refractivity contribution in [2.24, 2.45) is 0 Å². The molecule has 2 rings (SSSR count). The molecule has 4 heteroatoms. The highest BCUT2D eigenvalue weighted by Crippen LogP contribution is 2.29. The number of hydrogen-bond acceptors (Lipinski definition) is 3. The van der Waals surface area contributed by atoms with Crippen molar-refractivity contribution in [3.05, 3.63) is 29.3 Å². The first-order valence-electron chi connectivity index (χ1n) is 5.53. The molecular weight excluding hydrogens is 218 g/mol. The monoisotopic (exact) mass is 231 g/mol. The van der Waals surface area contributed by atoms with E-state index in [-0.39, 0.29) is 12.3 Å². The van der Waals surface area contributed by atoms with Crippen LogP contribution in [-0.2, 0) is 9.59 Å². The van der Waals surface area contributed by atoms with Crippen LogP contribution in [0.5, 0.6) is 0 Å². The van der Waals surface area contributed by atoms with Gasteiger partial charge in [0.15, 0.2) is 5.78 Å². The lowest BCUT2D eigenvalue weighted by Crippen LogP contribution is -2.34. The molecular formula is C13H13NO3. The van der Waals surface area contributed by atoms with E-state index in [0.717, 1.165) is 5.56 Å². The van der Waals surface area contributed by atoms with Crippen molar-refractivity contribution in [2.45, 2.75) is 20.3 Å². The smallest absolute Gasteiger partial charge is 0.298 e. The van der Waals surface area contributed by atoms with Gasteiger partial charge in [-0.1, -0.05) is 18.6 Å². The van der Waals surface area contributed by atoms with E-state index in [9.17, 15) is 14.4 Å². The van der Waals surface area contributed by atoms with Crippen LogP contribution in [0.1, 0.15) is 29.3 Å². The summed E-state index contributed by atoms with van der Waals surface area (Å²) in [6.45, 7) is 3.58. The lowest BCUT2D eigenvalue weighted by molar-refractivity contribution is -0.120. The molecule has 1 amide bonds. The molecule has 0 fully saturated rings. The molecule has 0 bridgehead atoms. The molecule has 1 aliphatic heterocycles. The summed E-state index contributed by atoms with van der Waals surface area (Å²) in [5, 5.41) is 0. The van der Waals surface area contributed by atoms with Crippen LogP contribution in [0.2, 0.25) is 0 Å². The molecule has 0 saturated heterocycles. The molecule has 88 valence electrons. The van der Waals surface area contributed by atoms with Crippen LogP contribution in [0.3, 0.4) is 0 Å². The Balaban J connectivity index is 2.41. The average Bonchev–Trinajstić information content (AvgIpc) is 2.54. The van der Waals surface area contributed by atoms with Gasteiger partial charge in [0.05, 0.1) is 17.8 Å². The van der Waals surface area contributed by atoms with E-state index in [2.05, 4.69) is 0 Å². The number of benzene rings is 1. The van der Waals surface area contributed by atoms with Crippen molar-refractivity contribution in [1.82, 2.24) is 0 Å². The van der Waals surface area contributed by atoms with Crippen molar-refractivity contribution in [3.8, 4) is 0 Å². The van der Waals surface area contributed by atoms with Gasteiger partial charge in [0.2, 0.25) is 0 Å². The summed E-state index contributed by atoms with van der Waals surface area (Å²) in [4.78, 5) is 36.1. The molecule has 4 nitrogen and oxygen atoms in total. The van der Waals surface area contributed by atoms with Crippen LogP contribution in [0.4, 0.5) is 5.69 Å². The quantitative estimate of drug-likeness (QED) is 0.741. The Morgan fingerprint density at radius 2 is 2.00 bits per heavy atom. The molecule has 1 aromatic rings. The number of ketones is 2. The van der Waals surface area contributed by atoms with Crippen LogP contribution in [-0.4, -0.2) is 24.0 Å². The Morgan fingerprint density at radius 3 is 2.65 bits per heavy atom. The third kappa shape index (κ3) is 1.86. The maximum atomic E-state index is 11.7. The number of carbonyl (C=O) groups is 3. The average molecular weight is 231 g/mol. The van der Waals surface area contributed by atoms with E-state index >= 15 is 0 Å². The topological polar surface area (TPSA) is 54.5 Å². The molecule has 17 heavy (non-hydrogen) atoms. The first kappa shape index (κ1) is 11.5. The predicted octanol–water partition coefficient (Wildman–Crippen LogP) is 1.50. The molecule has 0 saturated carbocycles. The van der Waals surface area contributed by atoms with Crippen molar-refractivity contribution in [1.29, 1.82) is 0 Å². The Hall–Kier alpha value is -1.97. The van der Waals surface area contributed by atoms with Crippen molar-refractivity contribution in [3.63, 3.8) is 0 Å². The predicted molar refractivity (Wildman–Crippen MR) is 63.2 cm³/mol. The normalized spacial score (nSPS) is 14.1. The molecule has 0 radical (unpaired) electrons. The van der Waals surface area contributed by atoms with Gasteiger partial charge in [-0.25, -0.2) is 0 Å². The van der Waals surface area contributed by atoms with Crippen LogP contribution >= 0.6 is 0 Å². The molecule has 0 aliphatic carbocycles. The number of hydrogen-bond donors (Lipinski definition) is 0. The summed E-state index contributed by atoms with van der Waals surface area (Å²) in [5.41, 5.74) is 1.87. The van der Waals surface area contributed by atoms with E-state index in [1.165, 1.54) is 4.90 Å². The molecule has 0 aromatic heterocycles. The number of rotatable bonds is 3. The fourth-order valence-electron chi connectivity index (χ4n) is 1.86. The maximum absolute atomic E-state index is 11.7. The number of Topliss-reactive ketones (excluding diaryl/α,β-unsaturated/α-hetero) is 2. The summed E-state index contributed by atoms with van der Waals surface area (Å²) in [6.07, 6.45) is 0.360. The standard InChI is InChI=1S/C13H13NO3/c1-3-9(15)7-14-11-5-4-8(2)6-10(11)12(16)13(14)17/h4-6H,3,7H2,1-2H3. The van der Waals surface area contributed by atoms with Gasteiger partial charge >= 0.3 is 0 Å². The molecule has 0 unspecified atom stereocenters. The van der Waals surface area contributed by atoms with E-state index in [4.69, 9.17) is 0 Å². The molecule has 1 aromatic carbocycles. The SMILES string of the molecule is CCC(=O)CN1C(=O)C(=O)c2cc(C)ccc21. The van der Waals surface area contributed by atoms with E-state index < -0.39 is 11.7 Å². The summed E-state index contributed by atoms with van der Waals surface area (Å²) in [6, 6.07) is 5.23. The first-order valence-corrected chi connectivity index (χ1v) is 5.53. The number of nitrogens with zero attached hydrogens (tertiary/aromatic N) is 1. The van der Waals surface area contributed by atoms with Crippen molar-refractivity contribution < 1.29 is 14.4 Å². The van der Waals surface area contributed by atoms with Gasteiger partial charge in [0, 0.05) is 6.42 Å². The number of carbonyl (C=O) groups excluding carboxylic acids is 3. The van der Waals surface area contributed by atoms with Crippen molar-refractivity contribution >= 4 is 23.2 Å². The highest BCUT2D eigenvalue weighted by molar-refractivity contribution is 6.52. The molecule has 0 spiro atoms. The summed E-state index contributed by atoms with van der Waals surface area (Å²) in [5.74, 6) is -1.18. The highest BCUT2D eigenvalue weighted by atomic mass is 16.2. The van der Waals surface area contributed by atoms with E-state index in [1.807, 2.05) is 13.0 Å². The fraction of sp³-hybridized carbons (Fsp3) is 0.308. The Morgan fingerprint density at radius 1 is 1.29 bits per heavy atom. The number of aryl methyl sites for hydroxylation is 1. The van der Waals surface area contributed by atoms with Crippen LogP contribution in [0.25, 0.3) is 0 Å². The summed E-state index contributed by atoms with van der Waals surface area (Å²) < 4.78 is 0. The lowest BCUT2D eigenvalue weighted by atomic mass is 10.1. The largest absolute Gasteiger partial charge is 0.299 e. The van der Waals surface area contributed by atoms with Crippen LogP contribution in [0, 0.1) is 6.92 Å². The summed E-state index contributed by atoms with van der Waals surface area (Å²) in [7, 11) is 0. The zero-order valence-electron chi connectivity index (χ0n) is 9.82. The zero-order valence-corrected chi connectivity index (χ0v) is 9.82. The molecule has 1 heterocycles. The number of anilines is 1. The Labute approximate surface area is 99.2 Å². The minimum absolute atomic E-state index is 0.0167. The molecule has 1 aliphatic rings. The first-order chi connectivity index (χ1) is 8.04. The Bertz CT molecular complexity index is 519. The van der Waals surface area contributed by atoms with Crippen LogP contribution in [0.15, 0.2) is 18.2 Å². The molecule has 0 N–H and O–H groups in total. The highest BCUT2D eigenvalue weighted by Gasteiger charge is 2.36. The van der Waals surface area contributed by atoms with Gasteiger partial charge in [-0.15, -0.1) is 0 Å². The molecule has 0 atom stereocenters. The minimum Gasteiger partial charge on any atom is -0.298 e. The van der Waals surface area contributed by atoms with Gasteiger partial charge in [0.25, 0.3) is 11.7 Å². The fourth-order valence-corrected chi connectivity index (χ4v) is 1.86. The van der Waals surface area contributed by atoms with Gasteiger partial charge in [-0.2, -0.15) is 0 Å². The minimum atomic E-state index is -0.604. The number of amides is 1. The second-order valence-corrected chi connectivity index (χ2v) is 4.13. The van der Waals surface area contributed by atoms with Gasteiger partial charge in [-0.3, -0.25) is 19.3 Å². The zero-order chi connectivity index (χ0) is 12.6. The van der Waals surface area contributed by atoms with Gasteiger partial charge in [-0.05, 0) is 19.1 Å². The van der Waals surface area contributed by atoms with Crippen molar-refractivity contribution in [2.75, 3.05) is 11.4 Å². The third-order valence-electron chi connectivity index (χ3n) is 2.86. The summed E-state index contributed by atoms with van der Waals surface area (Å²) >= 11 is 0. The maximum Gasteiger partial charge on any atom is 0.299 e.